The zero-order valence-corrected chi connectivity index (χ0v) is 15.9. The SMILES string of the molecule is CNC(=O)[C@@H](NC(=O)c1ccc2nc(-c3ccccc3)cn2c1)c1ccccc1. The van der Waals surface area contributed by atoms with Crippen LogP contribution in [0.2, 0.25) is 0 Å². The van der Waals surface area contributed by atoms with Crippen LogP contribution in [0.25, 0.3) is 16.9 Å². The van der Waals surface area contributed by atoms with Crippen molar-refractivity contribution < 1.29 is 9.59 Å². The Balaban J connectivity index is 1.61. The first-order valence-corrected chi connectivity index (χ1v) is 9.27. The Labute approximate surface area is 168 Å². The maximum atomic E-state index is 12.8. The van der Waals surface area contributed by atoms with Gasteiger partial charge in [-0.3, -0.25) is 9.59 Å². The summed E-state index contributed by atoms with van der Waals surface area (Å²) in [7, 11) is 1.55. The lowest BCUT2D eigenvalue weighted by molar-refractivity contribution is -0.122. The molecular weight excluding hydrogens is 364 g/mol. The van der Waals surface area contributed by atoms with Crippen LogP contribution in [-0.4, -0.2) is 28.2 Å². The second-order valence-electron chi connectivity index (χ2n) is 6.61. The van der Waals surface area contributed by atoms with Gasteiger partial charge in [-0.25, -0.2) is 4.98 Å². The molecule has 6 heteroatoms. The summed E-state index contributed by atoms with van der Waals surface area (Å²) in [5.41, 5.74) is 3.74. The van der Waals surface area contributed by atoms with Crippen molar-refractivity contribution in [2.75, 3.05) is 7.05 Å². The highest BCUT2D eigenvalue weighted by atomic mass is 16.2. The zero-order chi connectivity index (χ0) is 20.2. The smallest absolute Gasteiger partial charge is 0.253 e. The van der Waals surface area contributed by atoms with Crippen molar-refractivity contribution in [3.8, 4) is 11.3 Å². The fraction of sp³-hybridized carbons (Fsp3) is 0.0870. The number of amides is 2. The Bertz CT molecular complexity index is 1150. The molecule has 2 aromatic carbocycles. The Morgan fingerprint density at radius 1 is 0.897 bits per heavy atom. The second-order valence-corrected chi connectivity index (χ2v) is 6.61. The van der Waals surface area contributed by atoms with E-state index in [9.17, 15) is 9.59 Å². The van der Waals surface area contributed by atoms with E-state index in [1.165, 1.54) is 0 Å². The lowest BCUT2D eigenvalue weighted by atomic mass is 10.1. The molecule has 144 valence electrons. The molecule has 0 fully saturated rings. The minimum atomic E-state index is -0.771. The van der Waals surface area contributed by atoms with Crippen molar-refractivity contribution in [1.82, 2.24) is 20.0 Å². The van der Waals surface area contributed by atoms with Gasteiger partial charge in [-0.15, -0.1) is 0 Å². The van der Waals surface area contributed by atoms with Gasteiger partial charge in [-0.2, -0.15) is 0 Å². The number of pyridine rings is 1. The van der Waals surface area contributed by atoms with Crippen LogP contribution in [0.1, 0.15) is 22.0 Å². The standard InChI is InChI=1S/C23H20N4O2/c1-24-23(29)21(17-10-6-3-7-11-17)26-22(28)18-12-13-20-25-19(15-27(20)14-18)16-8-4-2-5-9-16/h2-15,21H,1H3,(H,24,29)(H,26,28)/t21-/m0/s1. The van der Waals surface area contributed by atoms with Crippen LogP contribution < -0.4 is 10.6 Å². The van der Waals surface area contributed by atoms with Gasteiger partial charge in [-0.1, -0.05) is 60.7 Å². The second kappa shape index (κ2) is 7.98. The summed E-state index contributed by atoms with van der Waals surface area (Å²) in [6.07, 6.45) is 3.60. The van der Waals surface area contributed by atoms with Gasteiger partial charge < -0.3 is 15.0 Å². The number of imidazole rings is 1. The summed E-state index contributed by atoms with van der Waals surface area (Å²) in [5, 5.41) is 5.42. The van der Waals surface area contributed by atoms with Crippen molar-refractivity contribution in [2.24, 2.45) is 0 Å². The molecule has 0 unspecified atom stereocenters. The van der Waals surface area contributed by atoms with Gasteiger partial charge in [0.1, 0.15) is 11.7 Å². The molecule has 2 amide bonds. The third-order valence-corrected chi connectivity index (χ3v) is 4.70. The van der Waals surface area contributed by atoms with E-state index in [0.29, 0.717) is 5.56 Å². The van der Waals surface area contributed by atoms with Crippen molar-refractivity contribution in [2.45, 2.75) is 6.04 Å². The van der Waals surface area contributed by atoms with Gasteiger partial charge in [0.2, 0.25) is 5.91 Å². The summed E-state index contributed by atoms with van der Waals surface area (Å²) in [5.74, 6) is -0.612. The number of benzene rings is 2. The Hall–Kier alpha value is -3.93. The molecule has 2 N–H and O–H groups in total. The summed E-state index contributed by atoms with van der Waals surface area (Å²) < 4.78 is 1.81. The number of carbonyl (C=O) groups is 2. The predicted octanol–water partition coefficient (Wildman–Crippen LogP) is 3.22. The number of likely N-dealkylation sites (N-methyl/N-ethyl adjacent to an activating group) is 1. The average molecular weight is 384 g/mol. The first-order chi connectivity index (χ1) is 14.2. The van der Waals surface area contributed by atoms with Crippen LogP contribution in [0.5, 0.6) is 0 Å². The van der Waals surface area contributed by atoms with Gasteiger partial charge in [0.15, 0.2) is 0 Å². The van der Waals surface area contributed by atoms with E-state index in [4.69, 9.17) is 0 Å². The third-order valence-electron chi connectivity index (χ3n) is 4.70. The van der Waals surface area contributed by atoms with Crippen LogP contribution >= 0.6 is 0 Å². The molecule has 2 aromatic heterocycles. The lowest BCUT2D eigenvalue weighted by Gasteiger charge is -2.17. The maximum Gasteiger partial charge on any atom is 0.253 e. The summed E-state index contributed by atoms with van der Waals surface area (Å²) in [6.45, 7) is 0. The van der Waals surface area contributed by atoms with Crippen LogP contribution in [0.4, 0.5) is 0 Å². The summed E-state index contributed by atoms with van der Waals surface area (Å²) >= 11 is 0. The molecule has 4 rings (SSSR count). The largest absolute Gasteiger partial charge is 0.357 e. The number of nitrogens with one attached hydrogen (secondary N) is 2. The quantitative estimate of drug-likeness (QED) is 0.555. The molecule has 4 aromatic rings. The van der Waals surface area contributed by atoms with Gasteiger partial charge >= 0.3 is 0 Å². The minimum Gasteiger partial charge on any atom is -0.357 e. The molecular formula is C23H20N4O2. The number of aromatic nitrogens is 2. The lowest BCUT2D eigenvalue weighted by Crippen LogP contribution is -2.39. The monoisotopic (exact) mass is 384 g/mol. The molecule has 0 aliphatic heterocycles. The van der Waals surface area contributed by atoms with Gasteiger partial charge in [0.05, 0.1) is 11.3 Å². The molecule has 29 heavy (non-hydrogen) atoms. The molecule has 1 atom stereocenters. The van der Waals surface area contributed by atoms with Crippen LogP contribution in [0.15, 0.2) is 85.2 Å². The summed E-state index contributed by atoms with van der Waals surface area (Å²) in [4.78, 5) is 29.8. The predicted molar refractivity (Wildman–Crippen MR) is 111 cm³/mol. The molecule has 6 nitrogen and oxygen atoms in total. The average Bonchev–Trinajstić information content (AvgIpc) is 3.21. The van der Waals surface area contributed by atoms with E-state index in [1.54, 1.807) is 25.4 Å². The van der Waals surface area contributed by atoms with Gasteiger partial charge in [0.25, 0.3) is 5.91 Å². The van der Waals surface area contributed by atoms with Crippen LogP contribution in [0, 0.1) is 0 Å². The molecule has 0 bridgehead atoms. The number of hydrogen-bond acceptors (Lipinski definition) is 3. The maximum absolute atomic E-state index is 12.8. The van der Waals surface area contributed by atoms with Gasteiger partial charge in [-0.05, 0) is 17.7 Å². The fourth-order valence-electron chi connectivity index (χ4n) is 3.18. The minimum absolute atomic E-state index is 0.278. The molecule has 0 saturated carbocycles. The summed E-state index contributed by atoms with van der Waals surface area (Å²) in [6, 6.07) is 21.7. The van der Waals surface area contributed by atoms with Crippen molar-refractivity contribution in [1.29, 1.82) is 0 Å². The highest BCUT2D eigenvalue weighted by Crippen LogP contribution is 2.20. The number of rotatable bonds is 5. The van der Waals surface area contributed by atoms with E-state index in [0.717, 1.165) is 22.5 Å². The Morgan fingerprint density at radius 3 is 2.28 bits per heavy atom. The van der Waals surface area contributed by atoms with E-state index < -0.39 is 6.04 Å². The number of nitrogens with zero attached hydrogens (tertiary/aromatic N) is 2. The normalized spacial score (nSPS) is 11.8. The van der Waals surface area contributed by atoms with Crippen LogP contribution in [0.3, 0.4) is 0 Å². The third kappa shape index (κ3) is 3.87. The molecule has 0 saturated heterocycles. The van der Waals surface area contributed by atoms with Crippen LogP contribution in [-0.2, 0) is 4.79 Å². The number of carbonyl (C=O) groups excluding carboxylic acids is 2. The van der Waals surface area contributed by atoms with Crippen molar-refractivity contribution in [3.05, 3.63) is 96.3 Å². The molecule has 0 aliphatic carbocycles. The van der Waals surface area contributed by atoms with Crippen molar-refractivity contribution in [3.63, 3.8) is 0 Å². The first-order valence-electron chi connectivity index (χ1n) is 9.27. The van der Waals surface area contributed by atoms with E-state index in [2.05, 4.69) is 15.6 Å². The number of fused-ring (bicyclic) bond motifs is 1. The highest BCUT2D eigenvalue weighted by Gasteiger charge is 2.22. The molecule has 0 spiro atoms. The highest BCUT2D eigenvalue weighted by molar-refractivity contribution is 5.97. The topological polar surface area (TPSA) is 75.5 Å². The van der Waals surface area contributed by atoms with E-state index >= 15 is 0 Å². The fourth-order valence-corrected chi connectivity index (χ4v) is 3.18. The number of hydrogen-bond donors (Lipinski definition) is 2. The van der Waals surface area contributed by atoms with E-state index in [-0.39, 0.29) is 11.8 Å². The van der Waals surface area contributed by atoms with Crippen molar-refractivity contribution >= 4 is 17.5 Å². The first kappa shape index (κ1) is 18.4. The zero-order valence-electron chi connectivity index (χ0n) is 15.9. The molecule has 0 aliphatic rings. The molecule has 0 radical (unpaired) electrons. The molecule has 2 heterocycles. The van der Waals surface area contributed by atoms with E-state index in [1.807, 2.05) is 71.3 Å². The van der Waals surface area contributed by atoms with Gasteiger partial charge in [0, 0.05) is 25.0 Å². The Kier molecular flexibility index (Phi) is 5.07. The Morgan fingerprint density at radius 2 is 1.59 bits per heavy atom.